The predicted octanol–water partition coefficient (Wildman–Crippen LogP) is 2.41. The van der Waals surface area contributed by atoms with Crippen LogP contribution in [-0.4, -0.2) is 35.6 Å². The summed E-state index contributed by atoms with van der Waals surface area (Å²) >= 11 is 5.95. The summed E-state index contributed by atoms with van der Waals surface area (Å²) in [4.78, 5) is 20.2. The Morgan fingerprint density at radius 2 is 2.26 bits per heavy atom. The molecule has 0 radical (unpaired) electrons. The van der Waals surface area contributed by atoms with Gasteiger partial charge < -0.3 is 10.1 Å². The highest BCUT2D eigenvalue weighted by molar-refractivity contribution is 6.33. The van der Waals surface area contributed by atoms with Crippen molar-refractivity contribution < 1.29 is 9.53 Å². The molecule has 1 rings (SSSR count). The summed E-state index contributed by atoms with van der Waals surface area (Å²) in [7, 11) is 0. The number of amides is 1. The summed E-state index contributed by atoms with van der Waals surface area (Å²) in [6.45, 7) is 7.72. The van der Waals surface area contributed by atoms with Crippen LogP contribution in [0.1, 0.15) is 49.4 Å². The van der Waals surface area contributed by atoms with E-state index >= 15 is 0 Å². The summed E-state index contributed by atoms with van der Waals surface area (Å²) in [5, 5.41) is 3.04. The summed E-state index contributed by atoms with van der Waals surface area (Å²) in [6, 6.07) is 0. The molecule has 0 aliphatic rings. The monoisotopic (exact) mass is 285 g/mol. The van der Waals surface area contributed by atoms with Crippen LogP contribution < -0.4 is 5.32 Å². The van der Waals surface area contributed by atoms with Crippen molar-refractivity contribution in [1.29, 1.82) is 0 Å². The number of carbonyl (C=O) groups excluding carboxylic acids is 1. The van der Waals surface area contributed by atoms with Crippen LogP contribution in [0.25, 0.3) is 0 Å². The van der Waals surface area contributed by atoms with Gasteiger partial charge in [-0.05, 0) is 13.3 Å². The van der Waals surface area contributed by atoms with Crippen LogP contribution in [0.3, 0.4) is 0 Å². The molecule has 0 aliphatic carbocycles. The molecule has 19 heavy (non-hydrogen) atoms. The molecule has 1 amide bonds. The van der Waals surface area contributed by atoms with Gasteiger partial charge in [-0.2, -0.15) is 0 Å². The lowest BCUT2D eigenvalue weighted by atomic mass is 10.2. The molecule has 1 N–H and O–H groups in total. The summed E-state index contributed by atoms with van der Waals surface area (Å²) in [5.74, 6) is 0.497. The largest absolute Gasteiger partial charge is 0.382 e. The van der Waals surface area contributed by atoms with Crippen molar-refractivity contribution in [3.8, 4) is 0 Å². The number of hydrogen-bond donors (Lipinski definition) is 1. The van der Waals surface area contributed by atoms with Crippen LogP contribution in [0.2, 0.25) is 5.02 Å². The Morgan fingerprint density at radius 1 is 1.53 bits per heavy atom. The lowest BCUT2D eigenvalue weighted by Gasteiger charge is -2.09. The minimum absolute atomic E-state index is 0.154. The molecule has 0 aromatic carbocycles. The number of nitrogens with one attached hydrogen (secondary N) is 1. The first-order chi connectivity index (χ1) is 9.06. The molecule has 0 unspecified atom stereocenters. The van der Waals surface area contributed by atoms with Crippen molar-refractivity contribution in [2.75, 3.05) is 19.8 Å². The van der Waals surface area contributed by atoms with Crippen LogP contribution in [-0.2, 0) is 4.74 Å². The SMILES string of the molecule is CCOCCCNC(=O)c1nc(C(C)C)ncc1Cl. The Kier molecular flexibility index (Phi) is 6.73. The van der Waals surface area contributed by atoms with Crippen LogP contribution in [0.5, 0.6) is 0 Å². The van der Waals surface area contributed by atoms with Gasteiger partial charge in [0.25, 0.3) is 5.91 Å². The fraction of sp³-hybridized carbons (Fsp3) is 0.615. The van der Waals surface area contributed by atoms with Crippen molar-refractivity contribution in [2.45, 2.75) is 33.1 Å². The van der Waals surface area contributed by atoms with Gasteiger partial charge in [-0.1, -0.05) is 25.4 Å². The quantitative estimate of drug-likeness (QED) is 0.782. The molecular weight excluding hydrogens is 266 g/mol. The van der Waals surface area contributed by atoms with Crippen molar-refractivity contribution in [1.82, 2.24) is 15.3 Å². The van der Waals surface area contributed by atoms with Gasteiger partial charge in [0.2, 0.25) is 0 Å². The van der Waals surface area contributed by atoms with Crippen molar-refractivity contribution in [3.05, 3.63) is 22.7 Å². The molecule has 5 nitrogen and oxygen atoms in total. The summed E-state index contributed by atoms with van der Waals surface area (Å²) in [6.07, 6.45) is 2.23. The first-order valence-electron chi connectivity index (χ1n) is 6.44. The average Bonchev–Trinajstić information content (AvgIpc) is 2.38. The molecule has 6 heteroatoms. The first kappa shape index (κ1) is 15.9. The zero-order chi connectivity index (χ0) is 14.3. The van der Waals surface area contributed by atoms with Crippen LogP contribution in [0.15, 0.2) is 6.20 Å². The fourth-order valence-electron chi connectivity index (χ4n) is 1.42. The third-order valence-electron chi connectivity index (χ3n) is 2.45. The molecule has 0 aliphatic heterocycles. The minimum Gasteiger partial charge on any atom is -0.382 e. The highest BCUT2D eigenvalue weighted by atomic mass is 35.5. The van der Waals surface area contributed by atoms with E-state index in [4.69, 9.17) is 16.3 Å². The molecule has 0 saturated heterocycles. The Morgan fingerprint density at radius 3 is 2.89 bits per heavy atom. The van der Waals surface area contributed by atoms with Crippen molar-refractivity contribution in [2.24, 2.45) is 0 Å². The highest BCUT2D eigenvalue weighted by Crippen LogP contribution is 2.16. The number of aromatic nitrogens is 2. The molecule has 0 spiro atoms. The van der Waals surface area contributed by atoms with E-state index in [9.17, 15) is 4.79 Å². The zero-order valence-corrected chi connectivity index (χ0v) is 12.3. The number of halogens is 1. The van der Waals surface area contributed by atoms with E-state index in [1.165, 1.54) is 6.20 Å². The van der Waals surface area contributed by atoms with E-state index in [1.54, 1.807) is 0 Å². The van der Waals surface area contributed by atoms with Gasteiger partial charge in [0.1, 0.15) is 11.5 Å². The van der Waals surface area contributed by atoms with Gasteiger partial charge in [-0.3, -0.25) is 4.79 Å². The van der Waals surface area contributed by atoms with Gasteiger partial charge in [-0.15, -0.1) is 0 Å². The topological polar surface area (TPSA) is 64.1 Å². The molecule has 0 bridgehead atoms. The van der Waals surface area contributed by atoms with Crippen molar-refractivity contribution >= 4 is 17.5 Å². The fourth-order valence-corrected chi connectivity index (χ4v) is 1.60. The van der Waals surface area contributed by atoms with Gasteiger partial charge in [0, 0.05) is 25.7 Å². The van der Waals surface area contributed by atoms with Crippen LogP contribution >= 0.6 is 11.6 Å². The molecule has 0 atom stereocenters. The molecule has 1 heterocycles. The third kappa shape index (κ3) is 5.12. The third-order valence-corrected chi connectivity index (χ3v) is 2.73. The first-order valence-corrected chi connectivity index (χ1v) is 6.82. The highest BCUT2D eigenvalue weighted by Gasteiger charge is 2.14. The van der Waals surface area contributed by atoms with E-state index in [0.29, 0.717) is 25.6 Å². The second kappa shape index (κ2) is 8.07. The second-order valence-corrected chi connectivity index (χ2v) is 4.79. The molecule has 1 aromatic rings. The second-order valence-electron chi connectivity index (χ2n) is 4.39. The maximum Gasteiger partial charge on any atom is 0.271 e. The Bertz CT molecular complexity index is 424. The van der Waals surface area contributed by atoms with E-state index in [-0.39, 0.29) is 22.5 Å². The molecule has 1 aromatic heterocycles. The van der Waals surface area contributed by atoms with Crippen LogP contribution in [0, 0.1) is 0 Å². The summed E-state index contributed by atoms with van der Waals surface area (Å²) in [5.41, 5.74) is 0.233. The zero-order valence-electron chi connectivity index (χ0n) is 11.6. The molecular formula is C13H20ClN3O2. The maximum absolute atomic E-state index is 11.9. The Hall–Kier alpha value is -1.20. The molecule has 0 fully saturated rings. The van der Waals surface area contributed by atoms with E-state index in [1.807, 2.05) is 20.8 Å². The number of rotatable bonds is 7. The molecule has 0 saturated carbocycles. The number of carbonyl (C=O) groups is 1. The van der Waals surface area contributed by atoms with Gasteiger partial charge in [0.15, 0.2) is 0 Å². The van der Waals surface area contributed by atoms with E-state index in [2.05, 4.69) is 15.3 Å². The van der Waals surface area contributed by atoms with E-state index < -0.39 is 0 Å². The Balaban J connectivity index is 2.58. The maximum atomic E-state index is 11.9. The van der Waals surface area contributed by atoms with Crippen LogP contribution in [0.4, 0.5) is 0 Å². The summed E-state index contributed by atoms with van der Waals surface area (Å²) < 4.78 is 5.19. The number of hydrogen-bond acceptors (Lipinski definition) is 4. The Labute approximate surface area is 118 Å². The van der Waals surface area contributed by atoms with E-state index in [0.717, 1.165) is 6.42 Å². The average molecular weight is 286 g/mol. The lowest BCUT2D eigenvalue weighted by molar-refractivity contribution is 0.0939. The normalized spacial score (nSPS) is 10.8. The lowest BCUT2D eigenvalue weighted by Crippen LogP contribution is -2.27. The smallest absolute Gasteiger partial charge is 0.271 e. The van der Waals surface area contributed by atoms with Gasteiger partial charge in [0.05, 0.1) is 11.2 Å². The minimum atomic E-state index is -0.272. The standard InChI is InChI=1S/C13H20ClN3O2/c1-4-19-7-5-6-15-13(18)11-10(14)8-16-12(17-11)9(2)3/h8-9H,4-7H2,1-3H3,(H,15,18). The molecule has 106 valence electrons. The van der Waals surface area contributed by atoms with Crippen molar-refractivity contribution in [3.63, 3.8) is 0 Å². The number of nitrogens with zero attached hydrogens (tertiary/aromatic N) is 2. The van der Waals surface area contributed by atoms with Gasteiger partial charge >= 0.3 is 0 Å². The predicted molar refractivity (Wildman–Crippen MR) is 74.6 cm³/mol. The number of ether oxygens (including phenoxy) is 1. The van der Waals surface area contributed by atoms with Gasteiger partial charge in [-0.25, -0.2) is 9.97 Å².